The molecule has 9 heteroatoms. The van der Waals surface area contributed by atoms with Crippen LogP contribution in [0.25, 0.3) is 17.4 Å². The number of aromatic amines is 1. The minimum Gasteiger partial charge on any atom is -0.463 e. The van der Waals surface area contributed by atoms with E-state index in [9.17, 15) is 9.59 Å². The molecule has 0 bridgehead atoms. The second-order valence-electron chi connectivity index (χ2n) is 6.91. The Bertz CT molecular complexity index is 1240. The standard InChI is InChI=1S/C21H18ClN5O3/c1-12(2)15-11-19(28)25-21(23-15)27-18(10-16(26-27)17-4-3-9-30-17)24-20(29)13-5-7-14(22)8-6-13/h3-12H,1-2H3,(H,24,29)(H,23,25,28). The number of benzene rings is 1. The van der Waals surface area contributed by atoms with Crippen LogP contribution in [0.1, 0.15) is 35.8 Å². The molecule has 1 amide bonds. The number of rotatable bonds is 5. The van der Waals surface area contributed by atoms with Gasteiger partial charge in [0, 0.05) is 22.7 Å². The summed E-state index contributed by atoms with van der Waals surface area (Å²) in [4.78, 5) is 32.1. The van der Waals surface area contributed by atoms with Crippen molar-refractivity contribution in [1.29, 1.82) is 0 Å². The summed E-state index contributed by atoms with van der Waals surface area (Å²) in [6.45, 7) is 3.87. The lowest BCUT2D eigenvalue weighted by Crippen LogP contribution is -2.19. The van der Waals surface area contributed by atoms with Gasteiger partial charge in [0.25, 0.3) is 11.5 Å². The highest BCUT2D eigenvalue weighted by Gasteiger charge is 2.18. The molecule has 4 aromatic rings. The van der Waals surface area contributed by atoms with Crippen LogP contribution in [0.4, 0.5) is 5.82 Å². The Balaban J connectivity index is 1.78. The fourth-order valence-corrected chi connectivity index (χ4v) is 2.95. The predicted octanol–water partition coefficient (Wildman–Crippen LogP) is 4.24. The van der Waals surface area contributed by atoms with Gasteiger partial charge < -0.3 is 9.73 Å². The molecule has 0 saturated carbocycles. The molecule has 0 fully saturated rings. The van der Waals surface area contributed by atoms with Gasteiger partial charge in [-0.15, -0.1) is 0 Å². The maximum absolute atomic E-state index is 12.7. The molecule has 0 aliphatic heterocycles. The maximum atomic E-state index is 12.7. The smallest absolute Gasteiger partial charge is 0.256 e. The van der Waals surface area contributed by atoms with Crippen molar-refractivity contribution in [3.05, 3.63) is 81.4 Å². The molecule has 0 spiro atoms. The molecule has 0 radical (unpaired) electrons. The quantitative estimate of drug-likeness (QED) is 0.499. The van der Waals surface area contributed by atoms with Crippen molar-refractivity contribution in [1.82, 2.24) is 19.7 Å². The second-order valence-corrected chi connectivity index (χ2v) is 7.35. The van der Waals surface area contributed by atoms with E-state index in [4.69, 9.17) is 16.0 Å². The monoisotopic (exact) mass is 423 g/mol. The molecular formula is C21H18ClN5O3. The summed E-state index contributed by atoms with van der Waals surface area (Å²) in [6.07, 6.45) is 1.53. The number of carbonyl (C=O) groups excluding carboxylic acids is 1. The number of hydrogen-bond donors (Lipinski definition) is 2. The summed E-state index contributed by atoms with van der Waals surface area (Å²) in [5, 5.41) is 7.82. The lowest BCUT2D eigenvalue weighted by molar-refractivity contribution is 0.102. The Hall–Kier alpha value is -3.65. The summed E-state index contributed by atoms with van der Waals surface area (Å²) >= 11 is 5.90. The van der Waals surface area contributed by atoms with Gasteiger partial charge in [-0.1, -0.05) is 25.4 Å². The summed E-state index contributed by atoms with van der Waals surface area (Å²) in [5.74, 6) is 0.707. The summed E-state index contributed by atoms with van der Waals surface area (Å²) in [7, 11) is 0. The molecule has 4 rings (SSSR count). The number of anilines is 1. The van der Waals surface area contributed by atoms with Gasteiger partial charge in [0.05, 0.1) is 12.0 Å². The number of amides is 1. The molecule has 1 aromatic carbocycles. The van der Waals surface area contributed by atoms with Crippen LogP contribution in [0.5, 0.6) is 0 Å². The van der Waals surface area contributed by atoms with Crippen molar-refractivity contribution in [2.24, 2.45) is 0 Å². The third kappa shape index (κ3) is 4.04. The van der Waals surface area contributed by atoms with Crippen LogP contribution in [-0.4, -0.2) is 25.7 Å². The van der Waals surface area contributed by atoms with Crippen LogP contribution in [0.3, 0.4) is 0 Å². The van der Waals surface area contributed by atoms with Crippen LogP contribution < -0.4 is 10.9 Å². The van der Waals surface area contributed by atoms with E-state index in [-0.39, 0.29) is 23.3 Å². The fraction of sp³-hybridized carbons (Fsp3) is 0.143. The number of aromatic nitrogens is 4. The first-order chi connectivity index (χ1) is 14.4. The van der Waals surface area contributed by atoms with Crippen molar-refractivity contribution < 1.29 is 9.21 Å². The number of H-pyrrole nitrogens is 1. The molecule has 152 valence electrons. The van der Waals surface area contributed by atoms with Crippen LogP contribution in [0.15, 0.2) is 64.0 Å². The van der Waals surface area contributed by atoms with Gasteiger partial charge in [0.2, 0.25) is 5.95 Å². The Morgan fingerprint density at radius 1 is 1.20 bits per heavy atom. The van der Waals surface area contributed by atoms with Crippen molar-refractivity contribution >= 4 is 23.3 Å². The number of carbonyl (C=O) groups is 1. The topological polar surface area (TPSA) is 106 Å². The summed E-state index contributed by atoms with van der Waals surface area (Å²) < 4.78 is 6.79. The van der Waals surface area contributed by atoms with Gasteiger partial charge in [-0.2, -0.15) is 9.78 Å². The Kier molecular flexibility index (Phi) is 5.24. The first kappa shape index (κ1) is 19.7. The van der Waals surface area contributed by atoms with Crippen LogP contribution in [0, 0.1) is 0 Å². The maximum Gasteiger partial charge on any atom is 0.256 e. The van der Waals surface area contributed by atoms with E-state index in [0.717, 1.165) is 0 Å². The van der Waals surface area contributed by atoms with Crippen molar-refractivity contribution in [2.75, 3.05) is 5.32 Å². The van der Waals surface area contributed by atoms with Crippen molar-refractivity contribution in [2.45, 2.75) is 19.8 Å². The minimum atomic E-state index is -0.360. The van der Waals surface area contributed by atoms with E-state index in [1.807, 2.05) is 13.8 Å². The molecule has 0 atom stereocenters. The average molecular weight is 424 g/mol. The lowest BCUT2D eigenvalue weighted by Gasteiger charge is -2.10. The number of nitrogens with zero attached hydrogens (tertiary/aromatic N) is 3. The zero-order valence-corrected chi connectivity index (χ0v) is 17.0. The first-order valence-corrected chi connectivity index (χ1v) is 9.61. The molecule has 30 heavy (non-hydrogen) atoms. The zero-order chi connectivity index (χ0) is 21.3. The van der Waals surface area contributed by atoms with Crippen LogP contribution in [0.2, 0.25) is 5.02 Å². The summed E-state index contributed by atoms with van der Waals surface area (Å²) in [6, 6.07) is 13.1. The Morgan fingerprint density at radius 2 is 1.97 bits per heavy atom. The van der Waals surface area contributed by atoms with E-state index in [0.29, 0.717) is 33.6 Å². The van der Waals surface area contributed by atoms with Crippen molar-refractivity contribution in [3.8, 4) is 17.4 Å². The van der Waals surface area contributed by atoms with E-state index >= 15 is 0 Å². The Morgan fingerprint density at radius 3 is 2.63 bits per heavy atom. The SMILES string of the molecule is CC(C)c1cc(=O)[nH]c(-n2nc(-c3ccco3)cc2NC(=O)c2ccc(Cl)cc2)n1. The van der Waals surface area contributed by atoms with Gasteiger partial charge in [-0.05, 0) is 42.3 Å². The highest BCUT2D eigenvalue weighted by Crippen LogP contribution is 2.25. The van der Waals surface area contributed by atoms with Gasteiger partial charge >= 0.3 is 0 Å². The zero-order valence-electron chi connectivity index (χ0n) is 16.2. The van der Waals surface area contributed by atoms with Gasteiger partial charge in [-0.25, -0.2) is 4.98 Å². The van der Waals surface area contributed by atoms with E-state index in [1.54, 1.807) is 42.5 Å². The predicted molar refractivity (Wildman–Crippen MR) is 113 cm³/mol. The molecule has 3 heterocycles. The molecule has 0 saturated heterocycles. The second kappa shape index (κ2) is 8.00. The highest BCUT2D eigenvalue weighted by atomic mass is 35.5. The molecule has 0 aliphatic rings. The molecule has 2 N–H and O–H groups in total. The number of halogens is 1. The third-order valence-corrected chi connectivity index (χ3v) is 4.62. The fourth-order valence-electron chi connectivity index (χ4n) is 2.83. The van der Waals surface area contributed by atoms with E-state index < -0.39 is 0 Å². The van der Waals surface area contributed by atoms with E-state index in [2.05, 4.69) is 20.4 Å². The minimum absolute atomic E-state index is 0.0401. The lowest BCUT2D eigenvalue weighted by atomic mass is 10.1. The molecular weight excluding hydrogens is 406 g/mol. The Labute approximate surface area is 176 Å². The van der Waals surface area contributed by atoms with Crippen LogP contribution in [-0.2, 0) is 0 Å². The normalized spacial score (nSPS) is 11.1. The third-order valence-electron chi connectivity index (χ3n) is 4.37. The molecule has 0 aliphatic carbocycles. The van der Waals surface area contributed by atoms with Crippen LogP contribution >= 0.6 is 11.6 Å². The van der Waals surface area contributed by atoms with Gasteiger partial charge in [0.1, 0.15) is 11.5 Å². The molecule has 8 nitrogen and oxygen atoms in total. The number of nitrogens with one attached hydrogen (secondary N) is 2. The molecule has 0 unspecified atom stereocenters. The van der Waals surface area contributed by atoms with Crippen molar-refractivity contribution in [3.63, 3.8) is 0 Å². The van der Waals surface area contributed by atoms with Gasteiger partial charge in [-0.3, -0.25) is 14.6 Å². The number of furan rings is 1. The average Bonchev–Trinajstić information content (AvgIpc) is 3.38. The number of hydrogen-bond acceptors (Lipinski definition) is 5. The molecule has 3 aromatic heterocycles. The van der Waals surface area contributed by atoms with E-state index in [1.165, 1.54) is 17.0 Å². The van der Waals surface area contributed by atoms with Gasteiger partial charge in [0.15, 0.2) is 5.76 Å². The summed E-state index contributed by atoms with van der Waals surface area (Å²) in [5.41, 5.74) is 1.19. The largest absolute Gasteiger partial charge is 0.463 e. The highest BCUT2D eigenvalue weighted by molar-refractivity contribution is 6.30. The first-order valence-electron chi connectivity index (χ1n) is 9.23.